The molecule has 1 saturated heterocycles. The van der Waals surface area contributed by atoms with Gasteiger partial charge in [-0.3, -0.25) is 14.9 Å². The number of carbonyl (C=O) groups is 3. The van der Waals surface area contributed by atoms with Gasteiger partial charge in [0.05, 0.1) is 28.6 Å². The Morgan fingerprint density at radius 2 is 1.35 bits per heavy atom. The Hall–Kier alpha value is -6.04. The van der Waals surface area contributed by atoms with Crippen molar-refractivity contribution in [3.63, 3.8) is 0 Å². The zero-order valence-corrected chi connectivity index (χ0v) is 29.6. The van der Waals surface area contributed by atoms with E-state index in [2.05, 4.69) is 65.2 Å². The number of carboxylic acids is 3. The van der Waals surface area contributed by atoms with Crippen LogP contribution in [0.3, 0.4) is 0 Å². The first-order valence-electron chi connectivity index (χ1n) is 15.7. The van der Waals surface area contributed by atoms with Crippen molar-refractivity contribution >= 4 is 63.1 Å². The number of aromatic amines is 1. The predicted molar refractivity (Wildman–Crippen MR) is 183 cm³/mol. The van der Waals surface area contributed by atoms with Crippen LogP contribution in [0.25, 0.3) is 22.1 Å². The number of H-pyrrole nitrogens is 1. The van der Waals surface area contributed by atoms with Crippen LogP contribution in [0, 0.1) is 0 Å². The first kappa shape index (κ1) is 45.4. The minimum atomic E-state index is -5.08. The van der Waals surface area contributed by atoms with Crippen molar-refractivity contribution in [1.82, 2.24) is 34.8 Å². The molecule has 1 aliphatic rings. The number of hydrogen-bond acceptors (Lipinski definition) is 11. The van der Waals surface area contributed by atoms with Gasteiger partial charge in [-0.15, -0.1) is 0 Å². The number of pyridine rings is 2. The number of imidazole rings is 1. The molecule has 57 heavy (non-hydrogen) atoms. The summed E-state index contributed by atoms with van der Waals surface area (Å²) >= 11 is 6.77. The molecule has 5 aromatic rings. The molecule has 25 heteroatoms. The van der Waals surface area contributed by atoms with Crippen molar-refractivity contribution < 1.29 is 69.2 Å². The Bertz CT molecular complexity index is 2070. The van der Waals surface area contributed by atoms with Crippen LogP contribution >= 0.6 is 11.6 Å². The lowest BCUT2D eigenvalue weighted by Crippen LogP contribution is -2.46. The van der Waals surface area contributed by atoms with Crippen LogP contribution in [0.1, 0.15) is 24.1 Å². The molecule has 0 amide bonds. The van der Waals surface area contributed by atoms with E-state index in [1.54, 1.807) is 6.33 Å². The average Bonchev–Trinajstić information content (AvgIpc) is 3.62. The molecule has 4 aromatic heterocycles. The second-order valence-electron chi connectivity index (χ2n) is 11.4. The number of rotatable bonds is 6. The highest BCUT2D eigenvalue weighted by molar-refractivity contribution is 6.36. The fourth-order valence-corrected chi connectivity index (χ4v) is 5.17. The van der Waals surface area contributed by atoms with Gasteiger partial charge in [0, 0.05) is 62.3 Å². The van der Waals surface area contributed by atoms with Gasteiger partial charge >= 0.3 is 36.4 Å². The van der Waals surface area contributed by atoms with E-state index in [1.165, 1.54) is 11.9 Å². The number of aromatic nitrogens is 6. The Kier molecular flexibility index (Phi) is 15.3. The smallest absolute Gasteiger partial charge is 0.475 e. The molecule has 0 spiro atoms. The molecule has 1 atom stereocenters. The molecule has 0 aliphatic carbocycles. The number of nitrogens with one attached hydrogen (secondary N) is 2. The molecule has 0 bridgehead atoms. The number of alkyl halides is 9. The molecule has 0 saturated carbocycles. The summed E-state index contributed by atoms with van der Waals surface area (Å²) in [6, 6.07) is 10.1. The first-order valence-corrected chi connectivity index (χ1v) is 16.1. The van der Waals surface area contributed by atoms with Crippen molar-refractivity contribution in [2.24, 2.45) is 0 Å². The highest BCUT2D eigenvalue weighted by atomic mass is 35.5. The van der Waals surface area contributed by atoms with Gasteiger partial charge in [-0.1, -0.05) is 11.6 Å². The third-order valence-corrected chi connectivity index (χ3v) is 7.77. The molecule has 0 radical (unpaired) electrons. The number of benzene rings is 1. The highest BCUT2D eigenvalue weighted by Crippen LogP contribution is 2.39. The Balaban J connectivity index is 0.000000341. The quantitative estimate of drug-likeness (QED) is 0.118. The van der Waals surface area contributed by atoms with Gasteiger partial charge in [0.15, 0.2) is 11.5 Å². The zero-order valence-electron chi connectivity index (χ0n) is 28.9. The Morgan fingerprint density at radius 3 is 1.88 bits per heavy atom. The van der Waals surface area contributed by atoms with Crippen LogP contribution in [-0.2, 0) is 20.9 Å². The second kappa shape index (κ2) is 19.2. The summed E-state index contributed by atoms with van der Waals surface area (Å²) in [4.78, 5) is 56.6. The van der Waals surface area contributed by atoms with Crippen LogP contribution in [0.4, 0.5) is 51.0 Å². The largest absolute Gasteiger partial charge is 0.490 e. The lowest BCUT2D eigenvalue weighted by atomic mass is 10.0. The molecule has 1 fully saturated rings. The number of aliphatic carboxylic acids is 3. The van der Waals surface area contributed by atoms with E-state index in [1.807, 2.05) is 30.7 Å². The summed E-state index contributed by atoms with van der Waals surface area (Å²) in [6.07, 6.45) is -6.55. The molecule has 15 nitrogen and oxygen atoms in total. The van der Waals surface area contributed by atoms with Gasteiger partial charge < -0.3 is 30.5 Å². The van der Waals surface area contributed by atoms with E-state index in [4.69, 9.17) is 46.3 Å². The number of anilines is 2. The molecule has 308 valence electrons. The van der Waals surface area contributed by atoms with E-state index in [0.717, 1.165) is 54.9 Å². The molecule has 5 heterocycles. The lowest BCUT2D eigenvalue weighted by molar-refractivity contribution is -0.193. The third-order valence-electron chi connectivity index (χ3n) is 7.45. The van der Waals surface area contributed by atoms with Gasteiger partial charge in [-0.2, -0.15) is 39.5 Å². The normalized spacial score (nSPS) is 13.9. The minimum Gasteiger partial charge on any atom is -0.475 e. The number of nitrogens with zero attached hydrogens (tertiary/aromatic N) is 7. The Morgan fingerprint density at radius 1 is 0.807 bits per heavy atom. The molecular weight excluding hydrogens is 813 g/mol. The van der Waals surface area contributed by atoms with Crippen molar-refractivity contribution in [2.75, 3.05) is 36.4 Å². The van der Waals surface area contributed by atoms with Crippen molar-refractivity contribution in [1.29, 1.82) is 0 Å². The number of piperazine rings is 1. The van der Waals surface area contributed by atoms with Crippen molar-refractivity contribution in [2.45, 2.75) is 38.0 Å². The van der Waals surface area contributed by atoms with Crippen molar-refractivity contribution in [3.8, 4) is 0 Å². The fourth-order valence-electron chi connectivity index (χ4n) is 4.90. The molecule has 1 aromatic carbocycles. The summed E-state index contributed by atoms with van der Waals surface area (Å²) in [5.41, 5.74) is 5.81. The number of halogens is 10. The standard InChI is InChI=1S/C26H26ClN9.3C2HF3O2/c1-17(34-26-23-25(31-15-30-23)32-16-33-26)20-13-21(27)19-3-2-6-29-22(19)24(20)36-11-9-35(10-12-36)14-18-4-7-28-8-5-18;3*3-2(4,5)1(6)7/h2-8,13,15-17H,9-12,14H2,1H3,(H2,30,31,32,33,34);3*(H,6,7). The zero-order chi connectivity index (χ0) is 42.7. The summed E-state index contributed by atoms with van der Waals surface area (Å²) < 4.78 is 95.2. The SMILES string of the molecule is CC(Nc1ncnc2[nH]cnc12)c1cc(Cl)c2cccnc2c1N1CCN(Cc2ccncc2)CC1.O=C(O)C(F)(F)F.O=C(O)C(F)(F)F.O=C(O)C(F)(F)F. The van der Waals surface area contributed by atoms with Gasteiger partial charge in [0.25, 0.3) is 0 Å². The van der Waals surface area contributed by atoms with Crippen LogP contribution in [0.15, 0.2) is 61.6 Å². The lowest BCUT2D eigenvalue weighted by Gasteiger charge is -2.38. The maximum Gasteiger partial charge on any atom is 0.490 e. The third kappa shape index (κ3) is 13.3. The van der Waals surface area contributed by atoms with Crippen LogP contribution in [0.5, 0.6) is 0 Å². The predicted octanol–water partition coefficient (Wildman–Crippen LogP) is 6.34. The fraction of sp³-hybridized carbons (Fsp3) is 0.312. The minimum absolute atomic E-state index is 0.0893. The van der Waals surface area contributed by atoms with Crippen LogP contribution in [-0.4, -0.2) is 113 Å². The summed E-state index contributed by atoms with van der Waals surface area (Å²) in [6.45, 7) is 6.75. The van der Waals surface area contributed by atoms with Gasteiger partial charge in [0.2, 0.25) is 0 Å². The summed E-state index contributed by atoms with van der Waals surface area (Å²) in [5.74, 6) is -7.59. The topological polar surface area (TPSA) is 211 Å². The first-order chi connectivity index (χ1) is 26.5. The van der Waals surface area contributed by atoms with Gasteiger partial charge in [-0.25, -0.2) is 29.3 Å². The monoisotopic (exact) mass is 841 g/mol. The van der Waals surface area contributed by atoms with Crippen LogP contribution in [0.2, 0.25) is 5.02 Å². The maximum absolute atomic E-state index is 10.6. The highest BCUT2D eigenvalue weighted by Gasteiger charge is 2.39. The van der Waals surface area contributed by atoms with E-state index in [0.29, 0.717) is 22.0 Å². The molecule has 6 rings (SSSR count). The molecule has 1 unspecified atom stereocenters. The number of hydrogen-bond donors (Lipinski definition) is 5. The van der Waals surface area contributed by atoms with Gasteiger partial charge in [-0.05, 0) is 42.8 Å². The second-order valence-corrected chi connectivity index (χ2v) is 11.8. The summed E-state index contributed by atoms with van der Waals surface area (Å²) in [7, 11) is 0. The van der Waals surface area contributed by atoms with E-state index in [-0.39, 0.29) is 6.04 Å². The number of fused-ring (bicyclic) bond motifs is 2. The maximum atomic E-state index is 10.6. The van der Waals surface area contributed by atoms with E-state index < -0.39 is 36.4 Å². The van der Waals surface area contributed by atoms with E-state index >= 15 is 0 Å². The molecule has 1 aliphatic heterocycles. The number of carboxylic acid groups (broad SMARTS) is 3. The van der Waals surface area contributed by atoms with Crippen molar-refractivity contribution in [3.05, 3.63) is 77.7 Å². The molecular formula is C32H29ClF9N9O6. The average molecular weight is 842 g/mol. The van der Waals surface area contributed by atoms with Crippen LogP contribution < -0.4 is 10.2 Å². The summed E-state index contributed by atoms with van der Waals surface area (Å²) in [5, 5.41) is 26.6. The Labute approximate surface area is 319 Å². The molecule has 5 N–H and O–H groups in total. The van der Waals surface area contributed by atoms with E-state index in [9.17, 15) is 39.5 Å². The van der Waals surface area contributed by atoms with Gasteiger partial charge in [0.1, 0.15) is 11.8 Å².